The topological polar surface area (TPSA) is 104 Å². The van der Waals surface area contributed by atoms with Gasteiger partial charge in [-0.3, -0.25) is 9.59 Å². The van der Waals surface area contributed by atoms with E-state index in [1.54, 1.807) is 6.08 Å². The molecular formula is C26H38O6. The third-order valence-corrected chi connectivity index (χ3v) is 6.12. The van der Waals surface area contributed by atoms with Crippen molar-refractivity contribution in [3.8, 4) is 0 Å². The quantitative estimate of drug-likeness (QED) is 0.280. The first-order valence-electron chi connectivity index (χ1n) is 11.8. The fourth-order valence-corrected chi connectivity index (χ4v) is 4.40. The number of aliphatic carboxylic acids is 1. The third-order valence-electron chi connectivity index (χ3n) is 6.12. The van der Waals surface area contributed by atoms with E-state index in [1.165, 1.54) is 5.56 Å². The van der Waals surface area contributed by atoms with Crippen LogP contribution in [0.25, 0.3) is 0 Å². The molecule has 3 N–H and O–H groups in total. The molecule has 0 spiro atoms. The summed E-state index contributed by atoms with van der Waals surface area (Å²) < 4.78 is 5.40. The number of carbonyl (C=O) groups excluding carboxylic acids is 1. The number of hydrogen-bond donors (Lipinski definition) is 3. The van der Waals surface area contributed by atoms with E-state index in [2.05, 4.69) is 12.1 Å². The fourth-order valence-electron chi connectivity index (χ4n) is 4.40. The lowest BCUT2D eigenvalue weighted by atomic mass is 9.88. The zero-order valence-electron chi connectivity index (χ0n) is 19.1. The van der Waals surface area contributed by atoms with Gasteiger partial charge in [-0.1, -0.05) is 55.7 Å². The Hall–Kier alpha value is -2.02. The second kappa shape index (κ2) is 14.2. The summed E-state index contributed by atoms with van der Waals surface area (Å²) in [5.74, 6) is -1.20. The van der Waals surface area contributed by atoms with Gasteiger partial charge in [-0.25, -0.2) is 0 Å². The Morgan fingerprint density at radius 3 is 2.72 bits per heavy atom. The van der Waals surface area contributed by atoms with E-state index in [-0.39, 0.29) is 30.5 Å². The van der Waals surface area contributed by atoms with Gasteiger partial charge >= 0.3 is 5.97 Å². The first kappa shape index (κ1) is 26.2. The van der Waals surface area contributed by atoms with Gasteiger partial charge in [-0.05, 0) is 37.3 Å². The Bertz CT molecular complexity index is 744. The van der Waals surface area contributed by atoms with Gasteiger partial charge in [-0.2, -0.15) is 0 Å². The number of ketones is 1. The second-order valence-electron chi connectivity index (χ2n) is 8.69. The number of carbonyl (C=O) groups is 2. The molecule has 0 aliphatic heterocycles. The van der Waals surface area contributed by atoms with Gasteiger partial charge in [0.05, 0.1) is 18.8 Å². The van der Waals surface area contributed by atoms with Crippen LogP contribution >= 0.6 is 0 Å². The molecular weight excluding hydrogens is 408 g/mol. The number of carboxylic acid groups (broad SMARTS) is 1. The molecule has 1 aromatic carbocycles. The highest BCUT2D eigenvalue weighted by atomic mass is 16.5. The highest BCUT2D eigenvalue weighted by molar-refractivity contribution is 5.84. The van der Waals surface area contributed by atoms with E-state index in [9.17, 15) is 19.8 Å². The van der Waals surface area contributed by atoms with Crippen molar-refractivity contribution in [2.45, 2.75) is 76.9 Å². The molecule has 1 aliphatic rings. The number of unbranched alkanes of at least 4 members (excludes halogenated alkanes) is 3. The van der Waals surface area contributed by atoms with E-state index < -0.39 is 18.2 Å². The van der Waals surface area contributed by atoms with Crippen molar-refractivity contribution in [1.29, 1.82) is 0 Å². The molecule has 0 saturated heterocycles. The molecule has 1 fully saturated rings. The fraction of sp³-hybridized carbons (Fsp3) is 0.615. The number of hydrogen-bond acceptors (Lipinski definition) is 5. The predicted octanol–water partition coefficient (Wildman–Crippen LogP) is 3.72. The van der Waals surface area contributed by atoms with Crippen molar-refractivity contribution in [2.75, 3.05) is 13.2 Å². The lowest BCUT2D eigenvalue weighted by molar-refractivity contribution is -0.137. The summed E-state index contributed by atoms with van der Waals surface area (Å²) in [4.78, 5) is 22.9. The van der Waals surface area contributed by atoms with Crippen LogP contribution in [0, 0.1) is 11.8 Å². The maximum atomic E-state index is 12.3. The summed E-state index contributed by atoms with van der Waals surface area (Å²) in [6.07, 6.45) is 7.68. The van der Waals surface area contributed by atoms with Crippen molar-refractivity contribution in [3.63, 3.8) is 0 Å². The highest BCUT2D eigenvalue weighted by Crippen LogP contribution is 2.34. The number of carboxylic acids is 1. The maximum absolute atomic E-state index is 12.3. The predicted molar refractivity (Wildman–Crippen MR) is 123 cm³/mol. The Balaban J connectivity index is 1.84. The standard InChI is InChI=1S/C26H38O6/c1-2-32-15-14-19-8-7-9-20(16-19)17-21(27)12-13-23-22(24(28)18-25(23)29)10-5-3-4-6-11-26(30)31/h7-9,12-13,16,21-23,25,27,29H,2-6,10-11,14-15,17-18H2,1H3,(H,30,31)/b13-12+/t21-,22-,23-,25-/m1/s1. The van der Waals surface area contributed by atoms with E-state index in [0.717, 1.165) is 31.2 Å². The Kier molecular flexibility index (Phi) is 11.6. The molecule has 0 aromatic heterocycles. The molecule has 6 nitrogen and oxygen atoms in total. The molecule has 4 atom stereocenters. The Labute approximate surface area is 191 Å². The van der Waals surface area contributed by atoms with Gasteiger partial charge in [0, 0.05) is 37.7 Å². The summed E-state index contributed by atoms with van der Waals surface area (Å²) >= 11 is 0. The number of aliphatic hydroxyl groups excluding tert-OH is 2. The van der Waals surface area contributed by atoms with Crippen LogP contribution < -0.4 is 0 Å². The highest BCUT2D eigenvalue weighted by Gasteiger charge is 2.39. The van der Waals surface area contributed by atoms with Crippen molar-refractivity contribution in [2.24, 2.45) is 11.8 Å². The lowest BCUT2D eigenvalue weighted by Gasteiger charge is -2.18. The normalized spacial score (nSPS) is 22.0. The average Bonchev–Trinajstić information content (AvgIpc) is 3.01. The Morgan fingerprint density at radius 1 is 1.22 bits per heavy atom. The molecule has 6 heteroatoms. The first-order chi connectivity index (χ1) is 15.4. The van der Waals surface area contributed by atoms with Gasteiger partial charge in [0.25, 0.3) is 0 Å². The van der Waals surface area contributed by atoms with Crippen LogP contribution in [-0.4, -0.2) is 52.5 Å². The van der Waals surface area contributed by atoms with Crippen LogP contribution in [0.3, 0.4) is 0 Å². The zero-order chi connectivity index (χ0) is 23.3. The van der Waals surface area contributed by atoms with Crippen molar-refractivity contribution in [1.82, 2.24) is 0 Å². The first-order valence-corrected chi connectivity index (χ1v) is 11.8. The minimum Gasteiger partial charge on any atom is -0.481 e. The second-order valence-corrected chi connectivity index (χ2v) is 8.69. The molecule has 32 heavy (non-hydrogen) atoms. The minimum absolute atomic E-state index is 0.0779. The van der Waals surface area contributed by atoms with Crippen molar-refractivity contribution >= 4 is 11.8 Å². The third kappa shape index (κ3) is 9.23. The van der Waals surface area contributed by atoms with E-state index in [1.807, 2.05) is 25.1 Å². The van der Waals surface area contributed by atoms with Gasteiger partial charge in [0.1, 0.15) is 5.78 Å². The minimum atomic E-state index is -0.778. The molecule has 0 heterocycles. The summed E-state index contributed by atoms with van der Waals surface area (Å²) in [6.45, 7) is 3.35. The molecule has 2 rings (SSSR count). The van der Waals surface area contributed by atoms with Crippen LogP contribution in [0.5, 0.6) is 0 Å². The summed E-state index contributed by atoms with van der Waals surface area (Å²) in [5, 5.41) is 29.5. The van der Waals surface area contributed by atoms with Crippen molar-refractivity contribution in [3.05, 3.63) is 47.5 Å². The molecule has 0 radical (unpaired) electrons. The SMILES string of the molecule is CCOCCc1cccc(C[C@H](O)/C=C/[C@H]2[C@H](O)CC(=O)[C@@H]2CCCCCCC(=O)O)c1. The summed E-state index contributed by atoms with van der Waals surface area (Å²) in [7, 11) is 0. The van der Waals surface area contributed by atoms with Crippen LogP contribution in [0.2, 0.25) is 0 Å². The molecule has 1 aliphatic carbocycles. The van der Waals surface area contributed by atoms with E-state index >= 15 is 0 Å². The van der Waals surface area contributed by atoms with E-state index in [0.29, 0.717) is 32.5 Å². The molecule has 0 bridgehead atoms. The number of rotatable bonds is 15. The van der Waals surface area contributed by atoms with Gasteiger partial charge in [0.15, 0.2) is 0 Å². The van der Waals surface area contributed by atoms with Crippen LogP contribution in [0.1, 0.15) is 63.0 Å². The smallest absolute Gasteiger partial charge is 0.303 e. The van der Waals surface area contributed by atoms with Crippen molar-refractivity contribution < 1.29 is 29.6 Å². The number of benzene rings is 1. The average molecular weight is 447 g/mol. The monoisotopic (exact) mass is 446 g/mol. The Morgan fingerprint density at radius 2 is 1.97 bits per heavy atom. The molecule has 0 unspecified atom stereocenters. The largest absolute Gasteiger partial charge is 0.481 e. The lowest BCUT2D eigenvalue weighted by Crippen LogP contribution is -2.19. The molecule has 178 valence electrons. The van der Waals surface area contributed by atoms with Gasteiger partial charge < -0.3 is 20.1 Å². The van der Waals surface area contributed by atoms with Crippen LogP contribution in [0.4, 0.5) is 0 Å². The van der Waals surface area contributed by atoms with Gasteiger partial charge in [0.2, 0.25) is 0 Å². The maximum Gasteiger partial charge on any atom is 0.303 e. The summed E-state index contributed by atoms with van der Waals surface area (Å²) in [6, 6.07) is 8.11. The molecule has 0 amide bonds. The van der Waals surface area contributed by atoms with Gasteiger partial charge in [-0.15, -0.1) is 0 Å². The zero-order valence-corrected chi connectivity index (χ0v) is 19.1. The molecule has 1 saturated carbocycles. The van der Waals surface area contributed by atoms with Crippen LogP contribution in [0.15, 0.2) is 36.4 Å². The summed E-state index contributed by atoms with van der Waals surface area (Å²) in [5.41, 5.74) is 2.21. The van der Waals surface area contributed by atoms with Crippen LogP contribution in [-0.2, 0) is 27.2 Å². The molecule has 1 aromatic rings. The number of Topliss-reactive ketones (excluding diaryl/α,β-unsaturated/α-hetero) is 1. The number of ether oxygens (including phenoxy) is 1. The number of aliphatic hydroxyl groups is 2. The van der Waals surface area contributed by atoms with E-state index in [4.69, 9.17) is 9.84 Å².